The molecule has 26 heavy (non-hydrogen) atoms. The Balaban J connectivity index is 2.22. The minimum Gasteiger partial charge on any atom is -0.495 e. The first-order chi connectivity index (χ1) is 12.4. The van der Waals surface area contributed by atoms with Crippen molar-refractivity contribution in [1.82, 2.24) is 4.90 Å². The molecule has 0 bridgehead atoms. The van der Waals surface area contributed by atoms with E-state index in [0.29, 0.717) is 24.6 Å². The fourth-order valence-corrected chi connectivity index (χ4v) is 2.65. The smallest absolute Gasteiger partial charge is 0.322 e. The van der Waals surface area contributed by atoms with Gasteiger partial charge in [-0.15, -0.1) is 0 Å². The predicted octanol–water partition coefficient (Wildman–Crippen LogP) is 4.21. The fourth-order valence-electron chi connectivity index (χ4n) is 2.65. The van der Waals surface area contributed by atoms with Gasteiger partial charge in [-0.3, -0.25) is 0 Å². The summed E-state index contributed by atoms with van der Waals surface area (Å²) in [5, 5.41) is 2.91. The molecule has 1 unspecified atom stereocenters. The maximum absolute atomic E-state index is 13.1. The van der Waals surface area contributed by atoms with Crippen molar-refractivity contribution in [3.63, 3.8) is 0 Å². The number of urea groups is 1. The van der Waals surface area contributed by atoms with Crippen LogP contribution in [0.15, 0.2) is 42.5 Å². The lowest BCUT2D eigenvalue weighted by atomic mass is 10.2. The molecule has 2 aromatic carbocycles. The number of nitrogens with zero attached hydrogens (tertiary/aromatic N) is 1. The second-order valence-corrected chi connectivity index (χ2v) is 6.19. The van der Waals surface area contributed by atoms with Gasteiger partial charge in [0.15, 0.2) is 0 Å². The Morgan fingerprint density at radius 1 is 1.19 bits per heavy atom. The molecule has 0 fully saturated rings. The molecule has 0 aliphatic rings. The second kappa shape index (κ2) is 9.20. The van der Waals surface area contributed by atoms with Crippen molar-refractivity contribution in [2.75, 3.05) is 26.1 Å². The molecule has 2 aromatic rings. The Morgan fingerprint density at radius 3 is 2.50 bits per heavy atom. The molecule has 0 aliphatic carbocycles. The van der Waals surface area contributed by atoms with E-state index in [4.69, 9.17) is 9.47 Å². The van der Waals surface area contributed by atoms with Gasteiger partial charge in [-0.25, -0.2) is 9.18 Å². The van der Waals surface area contributed by atoms with E-state index in [1.807, 2.05) is 32.0 Å². The largest absolute Gasteiger partial charge is 0.495 e. The molecule has 1 atom stereocenters. The van der Waals surface area contributed by atoms with Gasteiger partial charge < -0.3 is 19.7 Å². The maximum Gasteiger partial charge on any atom is 0.322 e. The Kier molecular flexibility index (Phi) is 6.97. The SMILES string of the molecule is COCC(C)N(Cc1ccc(F)cc1)C(=O)Nc1cc(C)ccc1OC. The van der Waals surface area contributed by atoms with Crippen LogP contribution in [-0.4, -0.2) is 37.8 Å². The van der Waals surface area contributed by atoms with Crippen LogP contribution < -0.4 is 10.1 Å². The van der Waals surface area contributed by atoms with Gasteiger partial charge in [0, 0.05) is 13.7 Å². The number of rotatable bonds is 7. The number of methoxy groups -OCH3 is 2. The topological polar surface area (TPSA) is 50.8 Å². The molecule has 0 aliphatic heterocycles. The van der Waals surface area contributed by atoms with Crippen LogP contribution in [0.1, 0.15) is 18.1 Å². The van der Waals surface area contributed by atoms with Crippen LogP contribution in [0.25, 0.3) is 0 Å². The van der Waals surface area contributed by atoms with Crippen molar-refractivity contribution in [3.05, 3.63) is 59.4 Å². The van der Waals surface area contributed by atoms with Crippen LogP contribution in [0, 0.1) is 12.7 Å². The van der Waals surface area contributed by atoms with Gasteiger partial charge >= 0.3 is 6.03 Å². The lowest BCUT2D eigenvalue weighted by Gasteiger charge is -2.29. The highest BCUT2D eigenvalue weighted by Gasteiger charge is 2.21. The first-order valence-corrected chi connectivity index (χ1v) is 8.40. The summed E-state index contributed by atoms with van der Waals surface area (Å²) in [6.45, 7) is 4.57. The van der Waals surface area contributed by atoms with Crippen LogP contribution in [-0.2, 0) is 11.3 Å². The van der Waals surface area contributed by atoms with E-state index in [-0.39, 0.29) is 17.9 Å². The molecule has 0 saturated heterocycles. The van der Waals surface area contributed by atoms with E-state index in [1.165, 1.54) is 12.1 Å². The third kappa shape index (κ3) is 5.20. The van der Waals surface area contributed by atoms with Gasteiger partial charge in [0.25, 0.3) is 0 Å². The molecule has 0 aromatic heterocycles. The number of halogens is 1. The number of benzene rings is 2. The van der Waals surface area contributed by atoms with Crippen molar-refractivity contribution < 1.29 is 18.7 Å². The third-order valence-corrected chi connectivity index (χ3v) is 4.06. The quantitative estimate of drug-likeness (QED) is 0.805. The summed E-state index contributed by atoms with van der Waals surface area (Å²) in [4.78, 5) is 14.6. The summed E-state index contributed by atoms with van der Waals surface area (Å²) in [6.07, 6.45) is 0. The highest BCUT2D eigenvalue weighted by atomic mass is 19.1. The molecule has 5 nitrogen and oxygen atoms in total. The summed E-state index contributed by atoms with van der Waals surface area (Å²) < 4.78 is 23.7. The molecule has 2 rings (SSSR count). The summed E-state index contributed by atoms with van der Waals surface area (Å²) in [5.41, 5.74) is 2.45. The Morgan fingerprint density at radius 2 is 1.88 bits per heavy atom. The number of amides is 2. The first kappa shape index (κ1) is 19.7. The standard InChI is InChI=1S/C20H25FN2O3/c1-14-5-10-19(26-4)18(11-14)22-20(24)23(15(2)13-25-3)12-16-6-8-17(21)9-7-16/h5-11,15H,12-13H2,1-4H3,(H,22,24). The summed E-state index contributed by atoms with van der Waals surface area (Å²) in [7, 11) is 3.15. The van der Waals surface area contributed by atoms with Crippen LogP contribution in [0.2, 0.25) is 0 Å². The van der Waals surface area contributed by atoms with Gasteiger partial charge in [-0.2, -0.15) is 0 Å². The van der Waals surface area contributed by atoms with Crippen molar-refractivity contribution in [2.24, 2.45) is 0 Å². The van der Waals surface area contributed by atoms with Gasteiger partial charge in [-0.1, -0.05) is 18.2 Å². The molecule has 6 heteroatoms. The average Bonchev–Trinajstić information content (AvgIpc) is 2.61. The number of carbonyl (C=O) groups excluding carboxylic acids is 1. The number of carbonyl (C=O) groups is 1. The Hall–Kier alpha value is -2.60. The van der Waals surface area contributed by atoms with E-state index < -0.39 is 0 Å². The molecule has 0 radical (unpaired) electrons. The number of ether oxygens (including phenoxy) is 2. The minimum atomic E-state index is -0.306. The number of aryl methyl sites for hydroxylation is 1. The molecule has 1 N–H and O–H groups in total. The van der Waals surface area contributed by atoms with Crippen molar-refractivity contribution >= 4 is 11.7 Å². The van der Waals surface area contributed by atoms with E-state index in [9.17, 15) is 9.18 Å². The van der Waals surface area contributed by atoms with Crippen molar-refractivity contribution in [3.8, 4) is 5.75 Å². The lowest BCUT2D eigenvalue weighted by molar-refractivity contribution is 0.113. The first-order valence-electron chi connectivity index (χ1n) is 8.40. The number of hydrogen-bond donors (Lipinski definition) is 1. The van der Waals surface area contributed by atoms with Gasteiger partial charge in [0.2, 0.25) is 0 Å². The zero-order chi connectivity index (χ0) is 19.1. The highest BCUT2D eigenvalue weighted by Crippen LogP contribution is 2.26. The number of nitrogens with one attached hydrogen (secondary N) is 1. The Labute approximate surface area is 153 Å². The molecular formula is C20H25FN2O3. The zero-order valence-corrected chi connectivity index (χ0v) is 15.6. The van der Waals surface area contributed by atoms with E-state index in [1.54, 1.807) is 31.3 Å². The lowest BCUT2D eigenvalue weighted by Crippen LogP contribution is -2.43. The second-order valence-electron chi connectivity index (χ2n) is 6.19. The summed E-state index contributed by atoms with van der Waals surface area (Å²) >= 11 is 0. The van der Waals surface area contributed by atoms with Crippen LogP contribution in [0.3, 0.4) is 0 Å². The van der Waals surface area contributed by atoms with Crippen molar-refractivity contribution in [1.29, 1.82) is 0 Å². The fraction of sp³-hybridized carbons (Fsp3) is 0.350. The average molecular weight is 360 g/mol. The zero-order valence-electron chi connectivity index (χ0n) is 15.6. The van der Waals surface area contributed by atoms with Crippen LogP contribution in [0.5, 0.6) is 5.75 Å². The highest BCUT2D eigenvalue weighted by molar-refractivity contribution is 5.91. The van der Waals surface area contributed by atoms with Gasteiger partial charge in [0.05, 0.1) is 25.4 Å². The van der Waals surface area contributed by atoms with Crippen LogP contribution in [0.4, 0.5) is 14.9 Å². The third-order valence-electron chi connectivity index (χ3n) is 4.06. The normalized spacial score (nSPS) is 11.7. The molecular weight excluding hydrogens is 335 g/mol. The summed E-state index contributed by atoms with van der Waals surface area (Å²) in [5.74, 6) is 0.282. The monoisotopic (exact) mass is 360 g/mol. The maximum atomic E-state index is 13.1. The van der Waals surface area contributed by atoms with E-state index in [0.717, 1.165) is 11.1 Å². The molecule has 2 amide bonds. The van der Waals surface area contributed by atoms with E-state index >= 15 is 0 Å². The minimum absolute atomic E-state index is 0.166. The molecule has 0 heterocycles. The van der Waals surface area contributed by atoms with E-state index in [2.05, 4.69) is 5.32 Å². The molecule has 0 spiro atoms. The number of anilines is 1. The van der Waals surface area contributed by atoms with Gasteiger partial charge in [-0.05, 0) is 49.2 Å². The van der Waals surface area contributed by atoms with Crippen molar-refractivity contribution in [2.45, 2.75) is 26.4 Å². The molecule has 0 saturated carbocycles. The number of hydrogen-bond acceptors (Lipinski definition) is 3. The summed E-state index contributed by atoms with van der Waals surface area (Å²) in [6, 6.07) is 11.3. The van der Waals surface area contributed by atoms with Crippen LogP contribution >= 0.6 is 0 Å². The van der Waals surface area contributed by atoms with Gasteiger partial charge in [0.1, 0.15) is 11.6 Å². The Bertz CT molecular complexity index is 734. The molecule has 140 valence electrons. The predicted molar refractivity (Wildman–Crippen MR) is 100 cm³/mol.